The van der Waals surface area contributed by atoms with Gasteiger partial charge in [-0.3, -0.25) is 4.79 Å². The van der Waals surface area contributed by atoms with Gasteiger partial charge in [-0.2, -0.15) is 0 Å². The molecule has 16 heavy (non-hydrogen) atoms. The molecule has 1 atom stereocenters. The van der Waals surface area contributed by atoms with Crippen LogP contribution in [0.15, 0.2) is 29.4 Å². The zero-order valence-corrected chi connectivity index (χ0v) is 8.79. The van der Waals surface area contributed by atoms with Gasteiger partial charge in [0.1, 0.15) is 6.04 Å². The molecule has 0 aromatic heterocycles. The Kier molecular flexibility index (Phi) is 4.32. The Hall–Kier alpha value is -2.04. The monoisotopic (exact) mass is 220 g/mol. The largest absolute Gasteiger partial charge is 0.392 e. The second-order valence-electron chi connectivity index (χ2n) is 3.23. The number of anilines is 1. The van der Waals surface area contributed by atoms with Crippen molar-refractivity contribution in [2.45, 2.75) is 19.6 Å². The Morgan fingerprint density at radius 1 is 1.56 bits per heavy atom. The van der Waals surface area contributed by atoms with Gasteiger partial charge in [-0.05, 0) is 30.2 Å². The number of hydrogen-bond acceptors (Lipinski definition) is 3. The molecule has 1 aromatic rings. The summed E-state index contributed by atoms with van der Waals surface area (Å²) in [4.78, 5) is 14.0. The number of benzene rings is 1. The van der Waals surface area contributed by atoms with E-state index in [2.05, 4.69) is 15.3 Å². The molecule has 2 N–H and O–H groups in total. The van der Waals surface area contributed by atoms with Crippen molar-refractivity contribution < 1.29 is 9.90 Å². The van der Waals surface area contributed by atoms with Crippen LogP contribution in [0.2, 0.25) is 0 Å². The molecule has 0 saturated carbocycles. The highest BCUT2D eigenvalue weighted by molar-refractivity contribution is 5.94. The molecular formula is C10H12N4O2. The van der Waals surface area contributed by atoms with Crippen LogP contribution in [0.4, 0.5) is 5.69 Å². The molecule has 0 unspecified atom stereocenters. The van der Waals surface area contributed by atoms with E-state index in [9.17, 15) is 4.79 Å². The Morgan fingerprint density at radius 3 is 2.69 bits per heavy atom. The maximum atomic E-state index is 11.4. The third kappa shape index (κ3) is 3.27. The van der Waals surface area contributed by atoms with Gasteiger partial charge in [0.25, 0.3) is 0 Å². The van der Waals surface area contributed by atoms with Crippen molar-refractivity contribution in [1.82, 2.24) is 0 Å². The van der Waals surface area contributed by atoms with Crippen LogP contribution in [0.3, 0.4) is 0 Å². The van der Waals surface area contributed by atoms with Crippen molar-refractivity contribution in [3.05, 3.63) is 40.3 Å². The van der Waals surface area contributed by atoms with E-state index in [1.165, 1.54) is 6.92 Å². The van der Waals surface area contributed by atoms with E-state index < -0.39 is 6.04 Å². The second kappa shape index (κ2) is 5.75. The van der Waals surface area contributed by atoms with Crippen molar-refractivity contribution in [2.24, 2.45) is 5.11 Å². The lowest BCUT2D eigenvalue weighted by molar-refractivity contribution is -0.117. The molecule has 1 rings (SSSR count). The van der Waals surface area contributed by atoms with Gasteiger partial charge in [-0.15, -0.1) is 0 Å². The third-order valence-electron chi connectivity index (χ3n) is 2.01. The Balaban J connectivity index is 2.66. The molecule has 1 aromatic carbocycles. The van der Waals surface area contributed by atoms with Gasteiger partial charge in [-0.25, -0.2) is 0 Å². The molecule has 0 radical (unpaired) electrons. The number of hydrogen-bond donors (Lipinski definition) is 2. The Labute approximate surface area is 92.5 Å². The van der Waals surface area contributed by atoms with Crippen LogP contribution in [0.1, 0.15) is 12.5 Å². The lowest BCUT2D eigenvalue weighted by Crippen LogP contribution is -2.22. The Morgan fingerprint density at radius 2 is 2.19 bits per heavy atom. The van der Waals surface area contributed by atoms with E-state index in [4.69, 9.17) is 10.6 Å². The zero-order valence-electron chi connectivity index (χ0n) is 8.79. The number of amides is 1. The minimum Gasteiger partial charge on any atom is -0.392 e. The average molecular weight is 220 g/mol. The highest BCUT2D eigenvalue weighted by Gasteiger charge is 2.10. The fraction of sp³-hybridized carbons (Fsp3) is 0.300. The topological polar surface area (TPSA) is 98.1 Å². The summed E-state index contributed by atoms with van der Waals surface area (Å²) in [6.07, 6.45) is 0. The standard InChI is InChI=1S/C10H12N4O2/c1-7(13-14-11)10(16)12-9-4-2-8(6-15)3-5-9/h2-5,7,15H,6H2,1H3,(H,12,16)/t7-/m0/s1. The first-order valence-corrected chi connectivity index (χ1v) is 4.72. The summed E-state index contributed by atoms with van der Waals surface area (Å²) in [5, 5.41) is 14.7. The van der Waals surface area contributed by atoms with Gasteiger partial charge in [-0.1, -0.05) is 17.2 Å². The number of nitrogens with zero attached hydrogens (tertiary/aromatic N) is 3. The molecule has 6 nitrogen and oxygen atoms in total. The van der Waals surface area contributed by atoms with Crippen LogP contribution in [0.25, 0.3) is 10.4 Å². The zero-order chi connectivity index (χ0) is 12.0. The summed E-state index contributed by atoms with van der Waals surface area (Å²) in [7, 11) is 0. The average Bonchev–Trinajstić information content (AvgIpc) is 2.30. The van der Waals surface area contributed by atoms with Gasteiger partial charge in [0.15, 0.2) is 0 Å². The van der Waals surface area contributed by atoms with Crippen molar-refractivity contribution in [2.75, 3.05) is 5.32 Å². The quantitative estimate of drug-likeness (QED) is 0.459. The molecule has 0 aliphatic heterocycles. The van der Waals surface area contributed by atoms with Gasteiger partial charge in [0.2, 0.25) is 5.91 Å². The lowest BCUT2D eigenvalue weighted by Gasteiger charge is -2.07. The summed E-state index contributed by atoms with van der Waals surface area (Å²) in [5.74, 6) is -0.366. The van der Waals surface area contributed by atoms with E-state index >= 15 is 0 Å². The number of nitrogens with one attached hydrogen (secondary N) is 1. The van der Waals surface area contributed by atoms with Crippen LogP contribution in [-0.2, 0) is 11.4 Å². The fourth-order valence-corrected chi connectivity index (χ4v) is 1.07. The van der Waals surface area contributed by atoms with E-state index in [0.29, 0.717) is 5.69 Å². The Bertz CT molecular complexity index is 409. The van der Waals surface area contributed by atoms with Crippen LogP contribution in [-0.4, -0.2) is 17.1 Å². The van der Waals surface area contributed by atoms with Gasteiger partial charge < -0.3 is 10.4 Å². The summed E-state index contributed by atoms with van der Waals surface area (Å²) in [6.45, 7) is 1.47. The van der Waals surface area contributed by atoms with E-state index in [0.717, 1.165) is 5.56 Å². The van der Waals surface area contributed by atoms with Gasteiger partial charge >= 0.3 is 0 Å². The molecule has 0 aliphatic carbocycles. The van der Waals surface area contributed by atoms with Crippen LogP contribution in [0.5, 0.6) is 0 Å². The number of aliphatic hydroxyl groups excluding tert-OH is 1. The highest BCUT2D eigenvalue weighted by Crippen LogP contribution is 2.10. The number of aliphatic hydroxyl groups is 1. The van der Waals surface area contributed by atoms with Crippen LogP contribution < -0.4 is 5.32 Å². The smallest absolute Gasteiger partial charge is 0.233 e. The minimum absolute atomic E-state index is 0.0383. The molecule has 0 bridgehead atoms. The number of carbonyl (C=O) groups excluding carboxylic acids is 1. The van der Waals surface area contributed by atoms with Crippen molar-refractivity contribution >= 4 is 11.6 Å². The predicted octanol–water partition coefficient (Wildman–Crippen LogP) is 1.82. The van der Waals surface area contributed by atoms with E-state index in [1.54, 1.807) is 24.3 Å². The van der Waals surface area contributed by atoms with Crippen molar-refractivity contribution in [1.29, 1.82) is 0 Å². The number of azide groups is 1. The molecule has 0 aliphatic rings. The molecule has 1 amide bonds. The predicted molar refractivity (Wildman–Crippen MR) is 59.6 cm³/mol. The molecular weight excluding hydrogens is 208 g/mol. The SMILES string of the molecule is C[C@H](N=[N+]=[N-])C(=O)Nc1ccc(CO)cc1. The first-order valence-electron chi connectivity index (χ1n) is 4.72. The van der Waals surface area contributed by atoms with Gasteiger partial charge in [0, 0.05) is 10.6 Å². The van der Waals surface area contributed by atoms with Crippen molar-refractivity contribution in [3.8, 4) is 0 Å². The van der Waals surface area contributed by atoms with Crippen molar-refractivity contribution in [3.63, 3.8) is 0 Å². The van der Waals surface area contributed by atoms with E-state index in [1.807, 2.05) is 0 Å². The third-order valence-corrected chi connectivity index (χ3v) is 2.01. The molecule has 0 spiro atoms. The first kappa shape index (κ1) is 12.0. The summed E-state index contributed by atoms with van der Waals surface area (Å²) >= 11 is 0. The molecule has 6 heteroatoms. The van der Waals surface area contributed by atoms with Crippen LogP contribution in [0, 0.1) is 0 Å². The summed E-state index contributed by atoms with van der Waals surface area (Å²) in [6, 6.07) is 6.00. The maximum absolute atomic E-state index is 11.4. The highest BCUT2D eigenvalue weighted by atomic mass is 16.3. The maximum Gasteiger partial charge on any atom is 0.233 e. The summed E-state index contributed by atoms with van der Waals surface area (Å²) < 4.78 is 0. The molecule has 0 heterocycles. The molecule has 84 valence electrons. The van der Waals surface area contributed by atoms with Crippen LogP contribution >= 0.6 is 0 Å². The number of carbonyl (C=O) groups is 1. The lowest BCUT2D eigenvalue weighted by atomic mass is 10.2. The molecule has 0 saturated heterocycles. The fourth-order valence-electron chi connectivity index (χ4n) is 1.07. The summed E-state index contributed by atoms with van der Waals surface area (Å²) in [5.41, 5.74) is 9.53. The second-order valence-corrected chi connectivity index (χ2v) is 3.23. The first-order chi connectivity index (χ1) is 7.67. The van der Waals surface area contributed by atoms with Gasteiger partial charge in [0.05, 0.1) is 6.61 Å². The number of rotatable bonds is 4. The molecule has 0 fully saturated rings. The normalized spacial score (nSPS) is 11.4. The van der Waals surface area contributed by atoms with E-state index in [-0.39, 0.29) is 12.5 Å². The minimum atomic E-state index is -0.748.